The lowest BCUT2D eigenvalue weighted by atomic mass is 10.1. The van der Waals surface area contributed by atoms with Crippen LogP contribution in [-0.4, -0.2) is 15.5 Å². The van der Waals surface area contributed by atoms with Crippen LogP contribution in [0.5, 0.6) is 0 Å². The van der Waals surface area contributed by atoms with Gasteiger partial charge in [-0.3, -0.25) is 14.4 Å². The van der Waals surface area contributed by atoms with Crippen LogP contribution in [0.1, 0.15) is 21.5 Å². The summed E-state index contributed by atoms with van der Waals surface area (Å²) < 4.78 is 1.28. The van der Waals surface area contributed by atoms with Gasteiger partial charge in [-0.15, -0.1) is 0 Å². The Morgan fingerprint density at radius 1 is 1.00 bits per heavy atom. The summed E-state index contributed by atoms with van der Waals surface area (Å²) in [6, 6.07) is 15.9. The van der Waals surface area contributed by atoms with Crippen molar-refractivity contribution < 1.29 is 4.79 Å². The van der Waals surface area contributed by atoms with E-state index in [1.54, 1.807) is 30.3 Å². The zero-order chi connectivity index (χ0) is 18.7. The van der Waals surface area contributed by atoms with Gasteiger partial charge in [0, 0.05) is 12.6 Å². The first kappa shape index (κ1) is 17.2. The Labute approximate surface area is 148 Å². The Balaban J connectivity index is 2.25. The van der Waals surface area contributed by atoms with Crippen molar-refractivity contribution in [2.24, 2.45) is 12.8 Å². The molecule has 0 fully saturated rings. The highest BCUT2D eigenvalue weighted by molar-refractivity contribution is 5.96. The van der Waals surface area contributed by atoms with E-state index in [0.717, 1.165) is 5.56 Å². The lowest BCUT2D eigenvalue weighted by Crippen LogP contribution is -2.52. The predicted molar refractivity (Wildman–Crippen MR) is 100 cm³/mol. The molecular weight excluding hydrogens is 330 g/mol. The third-order valence-electron chi connectivity index (χ3n) is 4.01. The fourth-order valence-corrected chi connectivity index (χ4v) is 2.65. The molecule has 26 heavy (non-hydrogen) atoms. The number of nitrogens with two attached hydrogens (primary N) is 1. The third kappa shape index (κ3) is 3.39. The molecule has 6 nitrogen and oxygen atoms in total. The average molecular weight is 347 g/mol. The summed E-state index contributed by atoms with van der Waals surface area (Å²) in [5, 5.41) is 0.318. The minimum absolute atomic E-state index is 0.0800. The van der Waals surface area contributed by atoms with Gasteiger partial charge in [-0.25, -0.2) is 0 Å². The van der Waals surface area contributed by atoms with E-state index in [9.17, 15) is 14.4 Å². The first-order chi connectivity index (χ1) is 12.5. The fourth-order valence-electron chi connectivity index (χ4n) is 2.65. The van der Waals surface area contributed by atoms with Gasteiger partial charge in [-0.05, 0) is 29.3 Å². The van der Waals surface area contributed by atoms with E-state index < -0.39 is 11.5 Å². The third-order valence-corrected chi connectivity index (χ3v) is 4.01. The van der Waals surface area contributed by atoms with Gasteiger partial charge < -0.3 is 15.3 Å². The standard InChI is InChI=1S/C20H17N3O3/c1-23-17(11-13-7-3-2-4-8-13)19(25)22-16(20(23)26)12-14-9-5-6-10-15(14)18(21)24/h2-12H,1H3,(H2,21,24)(H,22,25)/b16-12-,17-11-. The van der Waals surface area contributed by atoms with E-state index in [1.807, 2.05) is 30.3 Å². The zero-order valence-electron chi connectivity index (χ0n) is 14.1. The number of carbonyl (C=O) groups is 1. The lowest BCUT2D eigenvalue weighted by molar-refractivity contribution is 0.1000. The van der Waals surface area contributed by atoms with Crippen molar-refractivity contribution in [2.75, 3.05) is 0 Å². The molecule has 0 aliphatic heterocycles. The van der Waals surface area contributed by atoms with Crippen molar-refractivity contribution in [1.82, 2.24) is 9.55 Å². The van der Waals surface area contributed by atoms with Gasteiger partial charge in [0.2, 0.25) is 5.91 Å². The number of rotatable bonds is 3. The number of amides is 1. The number of hydrogen-bond acceptors (Lipinski definition) is 3. The number of nitrogens with one attached hydrogen (secondary N) is 1. The van der Waals surface area contributed by atoms with Crippen LogP contribution in [0.3, 0.4) is 0 Å². The Hall–Kier alpha value is -3.67. The number of H-pyrrole nitrogens is 1. The summed E-state index contributed by atoms with van der Waals surface area (Å²) in [5.74, 6) is -0.606. The van der Waals surface area contributed by atoms with Crippen molar-refractivity contribution in [3.63, 3.8) is 0 Å². The maximum Gasteiger partial charge on any atom is 0.274 e. The maximum atomic E-state index is 12.6. The molecule has 130 valence electrons. The number of carbonyl (C=O) groups excluding carboxylic acids is 1. The van der Waals surface area contributed by atoms with E-state index in [2.05, 4.69) is 4.98 Å². The molecule has 0 radical (unpaired) electrons. The second-order valence-electron chi connectivity index (χ2n) is 5.77. The Morgan fingerprint density at radius 3 is 2.35 bits per heavy atom. The van der Waals surface area contributed by atoms with Gasteiger partial charge in [0.25, 0.3) is 11.1 Å². The normalized spacial score (nSPS) is 12.3. The van der Waals surface area contributed by atoms with Crippen LogP contribution in [-0.2, 0) is 7.05 Å². The zero-order valence-corrected chi connectivity index (χ0v) is 14.1. The van der Waals surface area contributed by atoms with Crippen molar-refractivity contribution in [2.45, 2.75) is 0 Å². The summed E-state index contributed by atoms with van der Waals surface area (Å²) in [6.45, 7) is 0. The van der Waals surface area contributed by atoms with Crippen LogP contribution < -0.4 is 27.6 Å². The first-order valence-electron chi connectivity index (χ1n) is 7.94. The lowest BCUT2D eigenvalue weighted by Gasteiger charge is -2.02. The molecule has 3 rings (SSSR count). The van der Waals surface area contributed by atoms with Crippen molar-refractivity contribution in [3.8, 4) is 0 Å². The number of benzene rings is 2. The Bertz CT molecular complexity index is 1210. The van der Waals surface area contributed by atoms with Crippen molar-refractivity contribution in [1.29, 1.82) is 0 Å². The molecule has 0 atom stereocenters. The quantitative estimate of drug-likeness (QED) is 0.688. The van der Waals surface area contributed by atoms with Crippen LogP contribution in [0.2, 0.25) is 0 Å². The molecule has 6 heteroatoms. The van der Waals surface area contributed by atoms with Crippen LogP contribution in [0.15, 0.2) is 64.2 Å². The molecule has 1 heterocycles. The summed E-state index contributed by atoms with van der Waals surface area (Å²) in [6.07, 6.45) is 3.09. The highest BCUT2D eigenvalue weighted by atomic mass is 16.1. The molecule has 2 aromatic carbocycles. The smallest absolute Gasteiger partial charge is 0.274 e. The monoisotopic (exact) mass is 347 g/mol. The van der Waals surface area contributed by atoms with Gasteiger partial charge >= 0.3 is 0 Å². The molecule has 1 amide bonds. The second-order valence-corrected chi connectivity index (χ2v) is 5.77. The van der Waals surface area contributed by atoms with Crippen LogP contribution in [0.25, 0.3) is 12.2 Å². The molecule has 0 spiro atoms. The molecule has 3 aromatic rings. The van der Waals surface area contributed by atoms with Gasteiger partial charge in [0.1, 0.15) is 10.7 Å². The van der Waals surface area contributed by atoms with E-state index in [4.69, 9.17) is 5.73 Å². The van der Waals surface area contributed by atoms with E-state index in [-0.39, 0.29) is 21.8 Å². The summed E-state index contributed by atoms with van der Waals surface area (Å²) in [7, 11) is 1.53. The topological polar surface area (TPSA) is 97.9 Å². The van der Waals surface area contributed by atoms with Crippen molar-refractivity contribution in [3.05, 3.63) is 103 Å². The van der Waals surface area contributed by atoms with Crippen LogP contribution >= 0.6 is 0 Å². The summed E-state index contributed by atoms with van der Waals surface area (Å²) >= 11 is 0. The largest absolute Gasteiger partial charge is 0.366 e. The molecule has 0 bridgehead atoms. The highest BCUT2D eigenvalue weighted by Gasteiger charge is 2.06. The Kier molecular flexibility index (Phi) is 4.66. The van der Waals surface area contributed by atoms with Gasteiger partial charge in [0.15, 0.2) is 0 Å². The summed E-state index contributed by atoms with van der Waals surface area (Å²) in [4.78, 5) is 39.2. The number of hydrogen-bond donors (Lipinski definition) is 2. The van der Waals surface area contributed by atoms with Gasteiger partial charge in [-0.2, -0.15) is 0 Å². The van der Waals surface area contributed by atoms with E-state index in [0.29, 0.717) is 5.56 Å². The van der Waals surface area contributed by atoms with Gasteiger partial charge in [-0.1, -0.05) is 48.5 Å². The summed E-state index contributed by atoms with van der Waals surface area (Å²) in [5.41, 5.74) is 6.12. The van der Waals surface area contributed by atoms with E-state index >= 15 is 0 Å². The molecule has 0 aliphatic carbocycles. The minimum Gasteiger partial charge on any atom is -0.366 e. The highest BCUT2D eigenvalue weighted by Crippen LogP contribution is 2.07. The molecule has 0 unspecified atom stereocenters. The van der Waals surface area contributed by atoms with Crippen molar-refractivity contribution >= 4 is 18.1 Å². The molecule has 1 aromatic heterocycles. The number of aromatic nitrogens is 2. The van der Waals surface area contributed by atoms with Crippen LogP contribution in [0.4, 0.5) is 0 Å². The molecular formula is C20H17N3O3. The van der Waals surface area contributed by atoms with Crippen LogP contribution in [0, 0.1) is 0 Å². The molecule has 0 aliphatic rings. The first-order valence-corrected chi connectivity index (χ1v) is 7.94. The molecule has 0 saturated heterocycles. The average Bonchev–Trinajstić information content (AvgIpc) is 2.64. The number of primary amides is 1. The number of nitrogens with zero attached hydrogens (tertiary/aromatic N) is 1. The van der Waals surface area contributed by atoms with Gasteiger partial charge in [0.05, 0.1) is 0 Å². The SMILES string of the molecule is Cn1c(=O)/c(=C/c2ccccc2C(N)=O)[nH]c(=O)/c1=C/c1ccccc1. The minimum atomic E-state index is -0.606. The predicted octanol–water partition coefficient (Wildman–Crippen LogP) is -0.170. The fraction of sp³-hybridized carbons (Fsp3) is 0.0500. The molecule has 3 N–H and O–H groups in total. The van der Waals surface area contributed by atoms with E-state index in [1.165, 1.54) is 17.7 Å². The molecule has 0 saturated carbocycles. The second kappa shape index (κ2) is 7.06. The maximum absolute atomic E-state index is 12.6. The Morgan fingerprint density at radius 2 is 1.65 bits per heavy atom. The number of aromatic amines is 1.